The molecular weight excluding hydrogens is 150 g/mol. The minimum absolute atomic E-state index is 0.536. The zero-order valence-electron chi connectivity index (χ0n) is 8.51. The maximum Gasteiger partial charge on any atom is 0.0437 e. The molecule has 2 N–H and O–H groups in total. The molecule has 0 aromatic rings. The Balaban J connectivity index is 0.000000217. The lowest BCUT2D eigenvalue weighted by Crippen LogP contribution is -2.22. The van der Waals surface area contributed by atoms with Gasteiger partial charge in [-0.2, -0.15) is 0 Å². The summed E-state index contributed by atoms with van der Waals surface area (Å²) in [5.74, 6) is 0. The van der Waals surface area contributed by atoms with Crippen molar-refractivity contribution in [2.45, 2.75) is 52.0 Å². The zero-order chi connectivity index (χ0) is 9.23. The van der Waals surface area contributed by atoms with Crippen LogP contribution in [0.5, 0.6) is 0 Å². The maximum absolute atomic E-state index is 5.63. The highest BCUT2D eigenvalue weighted by atomic mass is 16.5. The lowest BCUT2D eigenvalue weighted by atomic mass is 9.97. The van der Waals surface area contributed by atoms with Crippen LogP contribution < -0.4 is 5.73 Å². The van der Waals surface area contributed by atoms with Crippen LogP contribution in [0.15, 0.2) is 0 Å². The maximum atomic E-state index is 5.63. The third-order valence-corrected chi connectivity index (χ3v) is 2.06. The normalized spacial score (nSPS) is 18.2. The van der Waals surface area contributed by atoms with Gasteiger partial charge in [-0.15, -0.1) is 0 Å². The van der Waals surface area contributed by atoms with Gasteiger partial charge in [0.2, 0.25) is 0 Å². The van der Waals surface area contributed by atoms with E-state index in [0.717, 1.165) is 13.2 Å². The molecule has 2 nitrogen and oxygen atoms in total. The molecule has 0 aliphatic heterocycles. The summed E-state index contributed by atoms with van der Waals surface area (Å²) in [6.45, 7) is 5.67. The van der Waals surface area contributed by atoms with E-state index in [2.05, 4.69) is 0 Å². The van der Waals surface area contributed by atoms with Crippen LogP contribution >= 0.6 is 0 Å². The summed E-state index contributed by atoms with van der Waals surface area (Å²) in [6.07, 6.45) is 6.66. The number of ether oxygens (including phenoxy) is 1. The Morgan fingerprint density at radius 2 is 1.58 bits per heavy atom. The first kappa shape index (κ1) is 11.9. The fourth-order valence-electron chi connectivity index (χ4n) is 1.34. The fraction of sp³-hybridized carbons (Fsp3) is 1.00. The molecule has 1 fully saturated rings. The Bertz CT molecular complexity index is 77.9. The minimum Gasteiger partial charge on any atom is -0.382 e. The summed E-state index contributed by atoms with van der Waals surface area (Å²) in [6, 6.07) is 0.536. The van der Waals surface area contributed by atoms with E-state index in [1.54, 1.807) is 0 Å². The van der Waals surface area contributed by atoms with Crippen molar-refractivity contribution in [3.8, 4) is 0 Å². The van der Waals surface area contributed by atoms with Gasteiger partial charge in [0.05, 0.1) is 0 Å². The second-order valence-corrected chi connectivity index (χ2v) is 3.18. The van der Waals surface area contributed by atoms with E-state index in [9.17, 15) is 0 Å². The molecule has 0 aromatic carbocycles. The lowest BCUT2D eigenvalue weighted by molar-refractivity contribution is 0.162. The highest BCUT2D eigenvalue weighted by molar-refractivity contribution is 4.66. The van der Waals surface area contributed by atoms with Gasteiger partial charge in [0, 0.05) is 19.3 Å². The van der Waals surface area contributed by atoms with E-state index in [4.69, 9.17) is 10.5 Å². The van der Waals surface area contributed by atoms with Crippen molar-refractivity contribution in [1.29, 1.82) is 0 Å². The van der Waals surface area contributed by atoms with E-state index < -0.39 is 0 Å². The second-order valence-electron chi connectivity index (χ2n) is 3.18. The smallest absolute Gasteiger partial charge is 0.0437 e. The monoisotopic (exact) mass is 173 g/mol. The van der Waals surface area contributed by atoms with Crippen LogP contribution in [0.4, 0.5) is 0 Å². The van der Waals surface area contributed by atoms with E-state index in [1.165, 1.54) is 32.1 Å². The predicted octanol–water partition coefficient (Wildman–Crippen LogP) is 2.32. The average molecular weight is 173 g/mol. The Morgan fingerprint density at radius 1 is 1.08 bits per heavy atom. The third-order valence-electron chi connectivity index (χ3n) is 2.06. The van der Waals surface area contributed by atoms with Crippen molar-refractivity contribution < 1.29 is 4.74 Å². The van der Waals surface area contributed by atoms with E-state index in [0.29, 0.717) is 6.04 Å². The molecule has 0 amide bonds. The van der Waals surface area contributed by atoms with E-state index in [-0.39, 0.29) is 0 Å². The number of hydrogen-bond donors (Lipinski definition) is 1. The lowest BCUT2D eigenvalue weighted by Gasteiger charge is -2.15. The Kier molecular flexibility index (Phi) is 8.95. The van der Waals surface area contributed by atoms with E-state index in [1.807, 2.05) is 13.8 Å². The van der Waals surface area contributed by atoms with Gasteiger partial charge < -0.3 is 10.5 Å². The van der Waals surface area contributed by atoms with Crippen LogP contribution in [0.25, 0.3) is 0 Å². The van der Waals surface area contributed by atoms with Crippen molar-refractivity contribution in [2.24, 2.45) is 5.73 Å². The average Bonchev–Trinajstić information content (AvgIpc) is 2.08. The molecule has 0 bridgehead atoms. The molecule has 1 aliphatic rings. The SMILES string of the molecule is CCOCC.NC1CCCCC1. The van der Waals surface area contributed by atoms with Crippen LogP contribution in [-0.4, -0.2) is 19.3 Å². The van der Waals surface area contributed by atoms with Crippen molar-refractivity contribution in [3.63, 3.8) is 0 Å². The van der Waals surface area contributed by atoms with Crippen LogP contribution in [0, 0.1) is 0 Å². The first-order valence-electron chi connectivity index (χ1n) is 5.14. The van der Waals surface area contributed by atoms with Gasteiger partial charge in [0.15, 0.2) is 0 Å². The number of nitrogens with two attached hydrogens (primary N) is 1. The molecule has 0 saturated heterocycles. The summed E-state index contributed by atoms with van der Waals surface area (Å²) >= 11 is 0. The largest absolute Gasteiger partial charge is 0.382 e. The number of rotatable bonds is 2. The summed E-state index contributed by atoms with van der Waals surface area (Å²) in [5, 5.41) is 0. The van der Waals surface area contributed by atoms with Crippen molar-refractivity contribution in [3.05, 3.63) is 0 Å². The van der Waals surface area contributed by atoms with Crippen LogP contribution in [0.3, 0.4) is 0 Å². The second kappa shape index (κ2) is 9.01. The zero-order valence-corrected chi connectivity index (χ0v) is 8.51. The molecule has 12 heavy (non-hydrogen) atoms. The van der Waals surface area contributed by atoms with Crippen molar-refractivity contribution in [2.75, 3.05) is 13.2 Å². The quantitative estimate of drug-likeness (QED) is 0.695. The van der Waals surface area contributed by atoms with Gasteiger partial charge in [-0.05, 0) is 26.7 Å². The molecular formula is C10H23NO. The third kappa shape index (κ3) is 8.02. The van der Waals surface area contributed by atoms with Gasteiger partial charge in [-0.25, -0.2) is 0 Å². The standard InChI is InChI=1S/C6H13N.C4H10O/c7-6-4-2-1-3-5-6;1-3-5-4-2/h6H,1-5,7H2;3-4H2,1-2H3. The van der Waals surface area contributed by atoms with Gasteiger partial charge in [-0.1, -0.05) is 19.3 Å². The van der Waals surface area contributed by atoms with Crippen LogP contribution in [0.2, 0.25) is 0 Å². The van der Waals surface area contributed by atoms with Gasteiger partial charge in [0.1, 0.15) is 0 Å². The predicted molar refractivity (Wildman–Crippen MR) is 53.2 cm³/mol. The Labute approximate surface area is 76.5 Å². The summed E-state index contributed by atoms with van der Waals surface area (Å²) in [4.78, 5) is 0. The molecule has 0 atom stereocenters. The van der Waals surface area contributed by atoms with Crippen molar-refractivity contribution >= 4 is 0 Å². The van der Waals surface area contributed by atoms with E-state index >= 15 is 0 Å². The fourth-order valence-corrected chi connectivity index (χ4v) is 1.34. The summed E-state index contributed by atoms with van der Waals surface area (Å²) < 4.78 is 4.83. The highest BCUT2D eigenvalue weighted by Gasteiger charge is 2.06. The first-order valence-corrected chi connectivity index (χ1v) is 5.14. The first-order chi connectivity index (χ1) is 5.81. The molecule has 1 rings (SSSR count). The van der Waals surface area contributed by atoms with Crippen LogP contribution in [0.1, 0.15) is 46.0 Å². The van der Waals surface area contributed by atoms with Gasteiger partial charge >= 0.3 is 0 Å². The van der Waals surface area contributed by atoms with Crippen molar-refractivity contribution in [1.82, 2.24) is 0 Å². The van der Waals surface area contributed by atoms with Crippen LogP contribution in [-0.2, 0) is 4.74 Å². The molecule has 1 aliphatic carbocycles. The molecule has 2 heteroatoms. The molecule has 0 spiro atoms. The molecule has 74 valence electrons. The van der Waals surface area contributed by atoms with Gasteiger partial charge in [-0.3, -0.25) is 0 Å². The Hall–Kier alpha value is -0.0800. The molecule has 0 radical (unpaired) electrons. The summed E-state index contributed by atoms with van der Waals surface area (Å²) in [7, 11) is 0. The van der Waals surface area contributed by atoms with Gasteiger partial charge in [0.25, 0.3) is 0 Å². The minimum atomic E-state index is 0.536. The molecule has 0 heterocycles. The molecule has 0 unspecified atom stereocenters. The topological polar surface area (TPSA) is 35.2 Å². The number of hydrogen-bond acceptors (Lipinski definition) is 2. The molecule has 0 aromatic heterocycles. The summed E-state index contributed by atoms with van der Waals surface area (Å²) in [5.41, 5.74) is 5.63. The molecule has 1 saturated carbocycles. The Morgan fingerprint density at radius 3 is 1.75 bits per heavy atom. The highest BCUT2D eigenvalue weighted by Crippen LogP contribution is 2.14.